The molecule has 0 fully saturated rings. The van der Waals surface area contributed by atoms with E-state index in [1.165, 1.54) is 19.2 Å². The standard InChI is InChI=1S/C21H22ClN5O4S/c1-14-6-7-18(26-21(29)15(2)27-20(28)11-16(22)13-24-27)12-19(14)32(30,31)25-10-8-17-5-3-4-9-23-17/h3-7,9,11-13,15,25H,8,10H2,1-2H3,(H,26,29)/t15-/m0/s1. The lowest BCUT2D eigenvalue weighted by molar-refractivity contribution is -0.119. The molecule has 0 aliphatic rings. The van der Waals surface area contributed by atoms with Gasteiger partial charge >= 0.3 is 0 Å². The summed E-state index contributed by atoms with van der Waals surface area (Å²) in [6.07, 6.45) is 3.35. The average molecular weight is 476 g/mol. The molecule has 1 amide bonds. The molecule has 2 heterocycles. The molecule has 0 spiro atoms. The summed E-state index contributed by atoms with van der Waals surface area (Å²) in [6, 6.07) is 10.2. The quantitative estimate of drug-likeness (QED) is 0.515. The van der Waals surface area contributed by atoms with E-state index in [0.717, 1.165) is 16.4 Å². The molecule has 0 aliphatic carbocycles. The number of carbonyl (C=O) groups is 1. The number of aryl methyl sites for hydroxylation is 1. The van der Waals surface area contributed by atoms with Gasteiger partial charge in [-0.05, 0) is 43.7 Å². The number of nitrogens with zero attached hydrogens (tertiary/aromatic N) is 3. The van der Waals surface area contributed by atoms with Crippen LogP contribution in [0.5, 0.6) is 0 Å². The number of nitrogens with one attached hydrogen (secondary N) is 2. The van der Waals surface area contributed by atoms with Gasteiger partial charge in [-0.15, -0.1) is 0 Å². The normalized spacial score (nSPS) is 12.3. The summed E-state index contributed by atoms with van der Waals surface area (Å²) in [5, 5.41) is 6.67. The molecule has 3 aromatic rings. The van der Waals surface area contributed by atoms with E-state index in [1.807, 2.05) is 12.1 Å². The lowest BCUT2D eigenvalue weighted by Crippen LogP contribution is -2.33. The number of rotatable bonds is 8. The van der Waals surface area contributed by atoms with E-state index in [4.69, 9.17) is 11.6 Å². The van der Waals surface area contributed by atoms with E-state index in [1.54, 1.807) is 31.3 Å². The maximum absolute atomic E-state index is 12.8. The number of benzene rings is 1. The van der Waals surface area contributed by atoms with Gasteiger partial charge in [-0.2, -0.15) is 5.10 Å². The van der Waals surface area contributed by atoms with Crippen molar-refractivity contribution in [1.29, 1.82) is 0 Å². The van der Waals surface area contributed by atoms with Crippen molar-refractivity contribution in [3.05, 3.63) is 81.5 Å². The van der Waals surface area contributed by atoms with Crippen molar-refractivity contribution in [2.75, 3.05) is 11.9 Å². The second-order valence-electron chi connectivity index (χ2n) is 7.07. The van der Waals surface area contributed by atoms with Crippen LogP contribution < -0.4 is 15.6 Å². The molecule has 32 heavy (non-hydrogen) atoms. The van der Waals surface area contributed by atoms with Crippen LogP contribution in [-0.4, -0.2) is 35.6 Å². The molecular formula is C21H22ClN5O4S. The summed E-state index contributed by atoms with van der Waals surface area (Å²) >= 11 is 5.73. The predicted molar refractivity (Wildman–Crippen MR) is 121 cm³/mol. The van der Waals surface area contributed by atoms with Crippen molar-refractivity contribution in [3.63, 3.8) is 0 Å². The van der Waals surface area contributed by atoms with E-state index < -0.39 is 27.5 Å². The van der Waals surface area contributed by atoms with Crippen molar-refractivity contribution in [1.82, 2.24) is 19.5 Å². The topological polar surface area (TPSA) is 123 Å². The number of sulfonamides is 1. The van der Waals surface area contributed by atoms with Crippen molar-refractivity contribution >= 4 is 33.2 Å². The van der Waals surface area contributed by atoms with Crippen LogP contribution in [0, 0.1) is 6.92 Å². The zero-order valence-corrected chi connectivity index (χ0v) is 19.0. The summed E-state index contributed by atoms with van der Waals surface area (Å²) in [6.45, 7) is 3.35. The fourth-order valence-electron chi connectivity index (χ4n) is 2.95. The van der Waals surface area contributed by atoms with Crippen LogP contribution >= 0.6 is 11.6 Å². The summed E-state index contributed by atoms with van der Waals surface area (Å²) in [4.78, 5) is 28.8. The second kappa shape index (κ2) is 10.0. The van der Waals surface area contributed by atoms with Gasteiger partial charge in [0.2, 0.25) is 15.9 Å². The molecular weight excluding hydrogens is 454 g/mol. The van der Waals surface area contributed by atoms with Crippen LogP contribution in [0.3, 0.4) is 0 Å². The Bertz CT molecular complexity index is 1280. The van der Waals surface area contributed by atoms with E-state index in [2.05, 4.69) is 20.1 Å². The Morgan fingerprint density at radius 1 is 1.22 bits per heavy atom. The number of hydrogen-bond acceptors (Lipinski definition) is 6. The fraction of sp³-hybridized carbons (Fsp3) is 0.238. The molecule has 1 aromatic carbocycles. The zero-order chi connectivity index (χ0) is 23.3. The highest BCUT2D eigenvalue weighted by Crippen LogP contribution is 2.21. The fourth-order valence-corrected chi connectivity index (χ4v) is 4.39. The van der Waals surface area contributed by atoms with E-state index in [-0.39, 0.29) is 22.2 Å². The van der Waals surface area contributed by atoms with Gasteiger partial charge in [0.25, 0.3) is 5.56 Å². The molecule has 3 rings (SSSR count). The Hall–Kier alpha value is -3.08. The highest BCUT2D eigenvalue weighted by Gasteiger charge is 2.20. The van der Waals surface area contributed by atoms with Gasteiger partial charge in [0.05, 0.1) is 16.1 Å². The lowest BCUT2D eigenvalue weighted by atomic mass is 10.2. The monoisotopic (exact) mass is 475 g/mol. The molecule has 0 bridgehead atoms. The Kier molecular flexibility index (Phi) is 7.39. The molecule has 1 atom stereocenters. The maximum Gasteiger partial charge on any atom is 0.268 e. The second-order valence-corrected chi connectivity index (χ2v) is 9.24. The van der Waals surface area contributed by atoms with Crippen LogP contribution in [0.15, 0.2) is 64.5 Å². The third-order valence-electron chi connectivity index (χ3n) is 4.68. The predicted octanol–water partition coefficient (Wildman–Crippen LogP) is 2.32. The Morgan fingerprint density at radius 2 is 2.00 bits per heavy atom. The minimum absolute atomic E-state index is 0.0470. The number of pyridine rings is 1. The third kappa shape index (κ3) is 5.78. The summed E-state index contributed by atoms with van der Waals surface area (Å²) in [5.74, 6) is -0.530. The first-order valence-corrected chi connectivity index (χ1v) is 11.6. The Balaban J connectivity index is 1.72. The summed E-state index contributed by atoms with van der Waals surface area (Å²) in [7, 11) is -3.81. The first-order valence-electron chi connectivity index (χ1n) is 9.73. The highest BCUT2D eigenvalue weighted by molar-refractivity contribution is 7.89. The minimum atomic E-state index is -3.81. The van der Waals surface area contributed by atoms with E-state index in [9.17, 15) is 18.0 Å². The van der Waals surface area contributed by atoms with Crippen LogP contribution in [0.2, 0.25) is 5.02 Å². The molecule has 9 nitrogen and oxygen atoms in total. The molecule has 0 saturated carbocycles. The van der Waals surface area contributed by atoms with Gasteiger partial charge in [0, 0.05) is 36.6 Å². The van der Waals surface area contributed by atoms with Gasteiger partial charge < -0.3 is 5.32 Å². The van der Waals surface area contributed by atoms with Gasteiger partial charge in [0.1, 0.15) is 6.04 Å². The summed E-state index contributed by atoms with van der Waals surface area (Å²) in [5.41, 5.74) is 1.05. The molecule has 0 aliphatic heterocycles. The van der Waals surface area contributed by atoms with Crippen molar-refractivity contribution in [2.45, 2.75) is 31.2 Å². The molecule has 2 N–H and O–H groups in total. The van der Waals surface area contributed by atoms with Gasteiger partial charge in [0.15, 0.2) is 0 Å². The SMILES string of the molecule is Cc1ccc(NC(=O)[C@H](C)n2ncc(Cl)cc2=O)cc1S(=O)(=O)NCCc1ccccn1. The van der Waals surface area contributed by atoms with Gasteiger partial charge in [-0.3, -0.25) is 14.6 Å². The summed E-state index contributed by atoms with van der Waals surface area (Å²) < 4.78 is 29.2. The molecule has 2 aromatic heterocycles. The Morgan fingerprint density at radius 3 is 2.69 bits per heavy atom. The maximum atomic E-state index is 12.8. The van der Waals surface area contributed by atoms with Crippen LogP contribution in [0.1, 0.15) is 24.2 Å². The van der Waals surface area contributed by atoms with Crippen molar-refractivity contribution in [3.8, 4) is 0 Å². The van der Waals surface area contributed by atoms with Gasteiger partial charge in [-0.1, -0.05) is 23.7 Å². The number of halogens is 1. The molecule has 168 valence electrons. The van der Waals surface area contributed by atoms with E-state index in [0.29, 0.717) is 12.0 Å². The number of amides is 1. The minimum Gasteiger partial charge on any atom is -0.324 e. The number of hydrogen-bond donors (Lipinski definition) is 2. The molecule has 0 unspecified atom stereocenters. The lowest BCUT2D eigenvalue weighted by Gasteiger charge is -2.15. The van der Waals surface area contributed by atoms with E-state index >= 15 is 0 Å². The van der Waals surface area contributed by atoms with Crippen LogP contribution in [0.4, 0.5) is 5.69 Å². The first kappa shape index (κ1) is 23.6. The molecule has 0 radical (unpaired) electrons. The third-order valence-corrected chi connectivity index (χ3v) is 6.49. The zero-order valence-electron chi connectivity index (χ0n) is 17.4. The van der Waals surface area contributed by atoms with Crippen molar-refractivity contribution in [2.24, 2.45) is 0 Å². The first-order chi connectivity index (χ1) is 15.2. The van der Waals surface area contributed by atoms with Crippen LogP contribution in [0.25, 0.3) is 0 Å². The van der Waals surface area contributed by atoms with Gasteiger partial charge in [-0.25, -0.2) is 17.8 Å². The average Bonchev–Trinajstić information content (AvgIpc) is 2.75. The number of aromatic nitrogens is 3. The molecule has 0 saturated heterocycles. The van der Waals surface area contributed by atoms with Crippen molar-refractivity contribution < 1.29 is 13.2 Å². The largest absolute Gasteiger partial charge is 0.324 e. The number of anilines is 1. The smallest absolute Gasteiger partial charge is 0.268 e. The highest BCUT2D eigenvalue weighted by atomic mass is 35.5. The number of carbonyl (C=O) groups excluding carboxylic acids is 1. The molecule has 11 heteroatoms. The van der Waals surface area contributed by atoms with Crippen LogP contribution in [-0.2, 0) is 21.2 Å². The Labute approximate surface area is 190 Å².